The summed E-state index contributed by atoms with van der Waals surface area (Å²) in [5.74, 6) is 0.619. The van der Waals surface area contributed by atoms with Gasteiger partial charge in [-0.25, -0.2) is 0 Å². The molecule has 0 saturated heterocycles. The van der Waals surface area contributed by atoms with Gasteiger partial charge in [-0.15, -0.1) is 0 Å². The van der Waals surface area contributed by atoms with E-state index in [9.17, 15) is 5.26 Å². The average molecular weight is 286 g/mol. The Hall–Kier alpha value is -3.12. The van der Waals surface area contributed by atoms with Gasteiger partial charge >= 0.3 is 0 Å². The van der Waals surface area contributed by atoms with Gasteiger partial charge in [0.05, 0.1) is 5.56 Å². The van der Waals surface area contributed by atoms with Crippen LogP contribution in [0.5, 0.6) is 5.75 Å². The Morgan fingerprint density at radius 3 is 2.41 bits per heavy atom. The predicted molar refractivity (Wildman–Crippen MR) is 85.2 cm³/mol. The van der Waals surface area contributed by atoms with Crippen LogP contribution in [0.2, 0.25) is 0 Å². The van der Waals surface area contributed by atoms with Crippen LogP contribution in [0, 0.1) is 11.3 Å². The monoisotopic (exact) mass is 286 g/mol. The summed E-state index contributed by atoms with van der Waals surface area (Å²) in [6, 6.07) is 21.6. The number of para-hydroxylation sites is 1. The van der Waals surface area contributed by atoms with Crippen molar-refractivity contribution in [2.45, 2.75) is 6.61 Å². The zero-order chi connectivity index (χ0) is 15.2. The molecule has 0 bridgehead atoms. The number of rotatable bonds is 4. The van der Waals surface area contributed by atoms with Crippen molar-refractivity contribution in [2.24, 2.45) is 0 Å². The number of hydrogen-bond donors (Lipinski definition) is 0. The summed E-state index contributed by atoms with van der Waals surface area (Å²) in [7, 11) is 0. The molecule has 0 aliphatic rings. The fourth-order valence-electron chi connectivity index (χ4n) is 2.26. The third kappa shape index (κ3) is 2.97. The number of pyridine rings is 1. The molecule has 0 saturated carbocycles. The highest BCUT2D eigenvalue weighted by molar-refractivity contribution is 5.73. The first-order valence-electron chi connectivity index (χ1n) is 6.99. The number of aromatic nitrogens is 1. The summed E-state index contributed by atoms with van der Waals surface area (Å²) in [5.41, 5.74) is 3.51. The maximum atomic E-state index is 9.35. The summed E-state index contributed by atoms with van der Waals surface area (Å²) >= 11 is 0. The fourth-order valence-corrected chi connectivity index (χ4v) is 2.26. The Morgan fingerprint density at radius 1 is 0.909 bits per heavy atom. The van der Waals surface area contributed by atoms with Gasteiger partial charge in [0.2, 0.25) is 0 Å². The highest BCUT2D eigenvalue weighted by atomic mass is 16.5. The molecule has 0 aliphatic carbocycles. The molecule has 3 heteroatoms. The summed E-state index contributed by atoms with van der Waals surface area (Å²) in [5, 5.41) is 9.35. The van der Waals surface area contributed by atoms with Gasteiger partial charge in [-0.1, -0.05) is 42.5 Å². The van der Waals surface area contributed by atoms with Gasteiger partial charge < -0.3 is 4.74 Å². The number of hydrogen-bond acceptors (Lipinski definition) is 3. The van der Waals surface area contributed by atoms with E-state index in [1.807, 2.05) is 54.6 Å². The van der Waals surface area contributed by atoms with Crippen LogP contribution in [0.15, 0.2) is 73.1 Å². The Morgan fingerprint density at radius 2 is 1.68 bits per heavy atom. The minimum Gasteiger partial charge on any atom is -0.487 e. The van der Waals surface area contributed by atoms with E-state index >= 15 is 0 Å². The van der Waals surface area contributed by atoms with Gasteiger partial charge in [0, 0.05) is 18.0 Å². The normalized spacial score (nSPS) is 9.95. The first kappa shape index (κ1) is 13.8. The maximum absolute atomic E-state index is 9.35. The van der Waals surface area contributed by atoms with E-state index in [0.29, 0.717) is 17.9 Å². The van der Waals surface area contributed by atoms with Gasteiger partial charge in [-0.2, -0.15) is 5.26 Å². The first-order valence-corrected chi connectivity index (χ1v) is 6.99. The Balaban J connectivity index is 1.97. The molecule has 0 N–H and O–H groups in total. The maximum Gasteiger partial charge on any atom is 0.145 e. The Bertz CT molecular complexity index is 793. The lowest BCUT2D eigenvalue weighted by Crippen LogP contribution is -1.99. The fraction of sp³-hybridized carbons (Fsp3) is 0.0526. The van der Waals surface area contributed by atoms with Crippen molar-refractivity contribution in [2.75, 3.05) is 0 Å². The van der Waals surface area contributed by atoms with E-state index in [0.717, 1.165) is 16.7 Å². The molecule has 0 atom stereocenters. The van der Waals surface area contributed by atoms with Crippen LogP contribution < -0.4 is 4.74 Å². The van der Waals surface area contributed by atoms with Gasteiger partial charge in [-0.05, 0) is 29.3 Å². The molecule has 3 rings (SSSR count). The van der Waals surface area contributed by atoms with Crippen molar-refractivity contribution < 1.29 is 4.74 Å². The van der Waals surface area contributed by atoms with Crippen LogP contribution in [0.4, 0.5) is 0 Å². The standard InChI is InChI=1S/C19H14N2O/c20-13-17-7-4-8-18(16-5-2-1-3-6-16)19(17)22-14-15-9-11-21-12-10-15/h1-12H,14H2. The molecule has 3 aromatic rings. The third-order valence-electron chi connectivity index (χ3n) is 3.35. The topological polar surface area (TPSA) is 45.9 Å². The van der Waals surface area contributed by atoms with Crippen molar-refractivity contribution in [1.29, 1.82) is 5.26 Å². The molecule has 0 unspecified atom stereocenters. The molecular weight excluding hydrogens is 272 g/mol. The second kappa shape index (κ2) is 6.55. The SMILES string of the molecule is N#Cc1cccc(-c2ccccc2)c1OCc1ccncc1. The molecule has 0 amide bonds. The Kier molecular flexibility index (Phi) is 4.12. The van der Waals surface area contributed by atoms with E-state index in [1.165, 1.54) is 0 Å². The molecule has 0 fully saturated rings. The van der Waals surface area contributed by atoms with Gasteiger partial charge in [0.1, 0.15) is 18.4 Å². The van der Waals surface area contributed by atoms with Gasteiger partial charge in [-0.3, -0.25) is 4.98 Å². The minimum atomic E-state index is 0.404. The number of nitrogens with zero attached hydrogens (tertiary/aromatic N) is 2. The molecule has 0 radical (unpaired) electrons. The molecule has 106 valence electrons. The second-order valence-corrected chi connectivity index (χ2v) is 4.80. The molecular formula is C19H14N2O. The highest BCUT2D eigenvalue weighted by Gasteiger charge is 2.11. The number of nitriles is 1. The summed E-state index contributed by atoms with van der Waals surface area (Å²) in [6.45, 7) is 0.404. The molecule has 0 spiro atoms. The number of ether oxygens (including phenoxy) is 1. The molecule has 1 aromatic heterocycles. The summed E-state index contributed by atoms with van der Waals surface area (Å²) < 4.78 is 5.95. The van der Waals surface area contributed by atoms with Crippen LogP contribution in [-0.2, 0) is 6.61 Å². The van der Waals surface area contributed by atoms with Crippen LogP contribution in [-0.4, -0.2) is 4.98 Å². The van der Waals surface area contributed by atoms with Crippen LogP contribution in [0.25, 0.3) is 11.1 Å². The lowest BCUT2D eigenvalue weighted by molar-refractivity contribution is 0.306. The molecule has 1 heterocycles. The van der Waals surface area contributed by atoms with Crippen LogP contribution in [0.3, 0.4) is 0 Å². The highest BCUT2D eigenvalue weighted by Crippen LogP contribution is 2.33. The smallest absolute Gasteiger partial charge is 0.145 e. The molecule has 22 heavy (non-hydrogen) atoms. The lowest BCUT2D eigenvalue weighted by atomic mass is 10.0. The lowest BCUT2D eigenvalue weighted by Gasteiger charge is -2.13. The van der Waals surface area contributed by atoms with Crippen LogP contribution >= 0.6 is 0 Å². The van der Waals surface area contributed by atoms with E-state index < -0.39 is 0 Å². The van der Waals surface area contributed by atoms with E-state index in [-0.39, 0.29) is 0 Å². The average Bonchev–Trinajstić information content (AvgIpc) is 2.61. The largest absolute Gasteiger partial charge is 0.487 e. The molecule has 3 nitrogen and oxygen atoms in total. The zero-order valence-corrected chi connectivity index (χ0v) is 11.9. The second-order valence-electron chi connectivity index (χ2n) is 4.80. The molecule has 0 aliphatic heterocycles. The van der Waals surface area contributed by atoms with Crippen molar-refractivity contribution >= 4 is 0 Å². The number of benzene rings is 2. The molecule has 2 aromatic carbocycles. The minimum absolute atomic E-state index is 0.404. The van der Waals surface area contributed by atoms with Crippen LogP contribution in [0.1, 0.15) is 11.1 Å². The van der Waals surface area contributed by atoms with Crippen molar-refractivity contribution in [3.05, 3.63) is 84.2 Å². The van der Waals surface area contributed by atoms with E-state index in [4.69, 9.17) is 4.74 Å². The van der Waals surface area contributed by atoms with E-state index in [1.54, 1.807) is 18.5 Å². The van der Waals surface area contributed by atoms with E-state index in [2.05, 4.69) is 11.1 Å². The van der Waals surface area contributed by atoms with Gasteiger partial charge in [0.15, 0.2) is 0 Å². The predicted octanol–water partition coefficient (Wildman–Crippen LogP) is 4.20. The van der Waals surface area contributed by atoms with Crippen molar-refractivity contribution in [3.8, 4) is 22.9 Å². The summed E-state index contributed by atoms with van der Waals surface area (Å²) in [4.78, 5) is 3.99. The zero-order valence-electron chi connectivity index (χ0n) is 11.9. The first-order chi connectivity index (χ1) is 10.9. The summed E-state index contributed by atoms with van der Waals surface area (Å²) in [6.07, 6.45) is 3.46. The third-order valence-corrected chi connectivity index (χ3v) is 3.35. The van der Waals surface area contributed by atoms with Crippen molar-refractivity contribution in [3.63, 3.8) is 0 Å². The quantitative estimate of drug-likeness (QED) is 0.722. The Labute approximate surface area is 129 Å². The van der Waals surface area contributed by atoms with Gasteiger partial charge in [0.25, 0.3) is 0 Å². The van der Waals surface area contributed by atoms with Crippen molar-refractivity contribution in [1.82, 2.24) is 4.98 Å².